The molecule has 2 amide bonds. The molecule has 1 aromatic rings. The van der Waals surface area contributed by atoms with E-state index in [2.05, 4.69) is 5.32 Å². The number of nitrogens with one attached hydrogen (secondary N) is 1. The van der Waals surface area contributed by atoms with Crippen LogP contribution in [-0.2, 0) is 9.59 Å². The number of aliphatic hydroxyl groups is 1. The second-order valence-corrected chi connectivity index (χ2v) is 5.61. The van der Waals surface area contributed by atoms with E-state index >= 15 is 0 Å². The number of rotatable bonds is 7. The third kappa shape index (κ3) is 3.91. The van der Waals surface area contributed by atoms with Gasteiger partial charge < -0.3 is 15.2 Å². The Hall–Kier alpha value is -2.41. The highest BCUT2D eigenvalue weighted by atomic mass is 16.5. The van der Waals surface area contributed by atoms with Crippen LogP contribution in [0.5, 0.6) is 5.75 Å². The van der Waals surface area contributed by atoms with Crippen molar-refractivity contribution in [2.45, 2.75) is 32.8 Å². The largest absolute Gasteiger partial charge is 0.479 e. The molecule has 2 N–H and O–H groups in total. The molecule has 0 saturated carbocycles. The molecular weight excluding hydrogens is 312 g/mol. The standard InChI is InChI=1S/C17H22N2O5/c1-3-4-14(21)12-5-6-15-13(9-12)19(17(23)11(2)24-15)10-16(22)18-7-8-20/h5-6,9,11,20H,3-4,7-8,10H2,1-2H3,(H,18,22). The van der Waals surface area contributed by atoms with Gasteiger partial charge in [-0.25, -0.2) is 0 Å². The van der Waals surface area contributed by atoms with E-state index in [1.165, 1.54) is 4.90 Å². The average molecular weight is 334 g/mol. The van der Waals surface area contributed by atoms with E-state index in [0.717, 1.165) is 6.42 Å². The fourth-order valence-electron chi connectivity index (χ4n) is 2.51. The van der Waals surface area contributed by atoms with Gasteiger partial charge in [0.25, 0.3) is 5.91 Å². The van der Waals surface area contributed by atoms with Crippen LogP contribution >= 0.6 is 0 Å². The lowest BCUT2D eigenvalue weighted by molar-refractivity contribution is -0.128. The van der Waals surface area contributed by atoms with Crippen LogP contribution in [-0.4, -0.2) is 48.5 Å². The van der Waals surface area contributed by atoms with Gasteiger partial charge in [0.1, 0.15) is 12.3 Å². The number of anilines is 1. The number of nitrogens with zero attached hydrogens (tertiary/aromatic N) is 1. The molecule has 1 aliphatic heterocycles. The van der Waals surface area contributed by atoms with Crippen LogP contribution in [0.4, 0.5) is 5.69 Å². The fourth-order valence-corrected chi connectivity index (χ4v) is 2.51. The number of aliphatic hydroxyl groups excluding tert-OH is 1. The Morgan fingerprint density at radius 2 is 2.12 bits per heavy atom. The summed E-state index contributed by atoms with van der Waals surface area (Å²) in [6.07, 6.45) is 0.441. The van der Waals surface area contributed by atoms with Crippen molar-refractivity contribution in [1.29, 1.82) is 0 Å². The summed E-state index contributed by atoms with van der Waals surface area (Å²) in [5.74, 6) is -0.286. The SMILES string of the molecule is CCCC(=O)c1ccc2c(c1)N(CC(=O)NCCO)C(=O)C(C)O2. The van der Waals surface area contributed by atoms with Gasteiger partial charge in [0.05, 0.1) is 12.3 Å². The summed E-state index contributed by atoms with van der Waals surface area (Å²) in [4.78, 5) is 37.7. The first-order chi connectivity index (χ1) is 11.5. The minimum atomic E-state index is -0.708. The van der Waals surface area contributed by atoms with Gasteiger partial charge in [-0.05, 0) is 31.5 Å². The smallest absolute Gasteiger partial charge is 0.268 e. The molecule has 1 atom stereocenters. The van der Waals surface area contributed by atoms with Crippen LogP contribution in [0.1, 0.15) is 37.0 Å². The molecule has 130 valence electrons. The Morgan fingerprint density at radius 1 is 1.38 bits per heavy atom. The van der Waals surface area contributed by atoms with Crippen molar-refractivity contribution in [3.8, 4) is 5.75 Å². The Morgan fingerprint density at radius 3 is 2.79 bits per heavy atom. The number of carbonyl (C=O) groups is 3. The zero-order valence-electron chi connectivity index (χ0n) is 13.9. The highest BCUT2D eigenvalue weighted by Crippen LogP contribution is 2.35. The first kappa shape index (κ1) is 17.9. The van der Waals surface area contributed by atoms with Crippen molar-refractivity contribution in [1.82, 2.24) is 5.32 Å². The maximum atomic E-state index is 12.4. The van der Waals surface area contributed by atoms with E-state index in [-0.39, 0.29) is 37.3 Å². The lowest BCUT2D eigenvalue weighted by atomic mass is 10.0. The zero-order valence-corrected chi connectivity index (χ0v) is 13.9. The molecule has 0 fully saturated rings. The van der Waals surface area contributed by atoms with Gasteiger partial charge in [-0.3, -0.25) is 19.3 Å². The summed E-state index contributed by atoms with van der Waals surface area (Å²) in [6.45, 7) is 3.29. The molecule has 0 aliphatic carbocycles. The molecule has 24 heavy (non-hydrogen) atoms. The van der Waals surface area contributed by atoms with E-state index in [1.807, 2.05) is 6.92 Å². The molecule has 0 radical (unpaired) electrons. The Balaban J connectivity index is 2.30. The number of hydrogen-bond donors (Lipinski definition) is 2. The summed E-state index contributed by atoms with van der Waals surface area (Å²) in [5, 5.41) is 11.3. The minimum absolute atomic E-state index is 0.0175. The zero-order chi connectivity index (χ0) is 17.7. The summed E-state index contributed by atoms with van der Waals surface area (Å²) >= 11 is 0. The van der Waals surface area contributed by atoms with Crippen LogP contribution in [0.25, 0.3) is 0 Å². The molecule has 2 rings (SSSR count). The van der Waals surface area contributed by atoms with Crippen molar-refractivity contribution in [2.75, 3.05) is 24.6 Å². The summed E-state index contributed by atoms with van der Waals surface area (Å²) in [5.41, 5.74) is 0.904. The van der Waals surface area contributed by atoms with Gasteiger partial charge >= 0.3 is 0 Å². The van der Waals surface area contributed by atoms with Crippen LogP contribution in [0.15, 0.2) is 18.2 Å². The molecule has 1 heterocycles. The Labute approximate surface area is 140 Å². The van der Waals surface area contributed by atoms with Crippen LogP contribution in [0, 0.1) is 0 Å². The van der Waals surface area contributed by atoms with Crippen LogP contribution in [0.3, 0.4) is 0 Å². The number of ketones is 1. The van der Waals surface area contributed by atoms with E-state index < -0.39 is 6.10 Å². The summed E-state index contributed by atoms with van der Waals surface area (Å²) < 4.78 is 5.56. The first-order valence-electron chi connectivity index (χ1n) is 8.00. The van der Waals surface area contributed by atoms with Crippen molar-refractivity contribution in [3.05, 3.63) is 23.8 Å². The predicted octanol–water partition coefficient (Wildman–Crippen LogP) is 0.892. The van der Waals surface area contributed by atoms with Gasteiger partial charge in [-0.1, -0.05) is 6.92 Å². The number of Topliss-reactive ketones (excluding diaryl/α,β-unsaturated/α-hetero) is 1. The Bertz CT molecular complexity index is 644. The lowest BCUT2D eigenvalue weighted by Gasteiger charge is -2.32. The number of ether oxygens (including phenoxy) is 1. The number of fused-ring (bicyclic) bond motifs is 1. The lowest BCUT2D eigenvalue weighted by Crippen LogP contribution is -2.49. The number of amides is 2. The molecule has 1 aromatic carbocycles. The molecule has 0 aromatic heterocycles. The Kier molecular flexibility index (Phi) is 5.92. The highest BCUT2D eigenvalue weighted by Gasteiger charge is 2.33. The first-order valence-corrected chi connectivity index (χ1v) is 8.00. The van der Waals surface area contributed by atoms with Crippen molar-refractivity contribution >= 4 is 23.3 Å². The molecule has 7 nitrogen and oxygen atoms in total. The topological polar surface area (TPSA) is 95.9 Å². The normalized spacial score (nSPS) is 16.4. The van der Waals surface area contributed by atoms with Gasteiger partial charge in [0.15, 0.2) is 11.9 Å². The maximum absolute atomic E-state index is 12.4. The second-order valence-electron chi connectivity index (χ2n) is 5.61. The maximum Gasteiger partial charge on any atom is 0.268 e. The third-order valence-electron chi connectivity index (χ3n) is 3.70. The van der Waals surface area contributed by atoms with Gasteiger partial charge in [0.2, 0.25) is 5.91 Å². The molecule has 7 heteroatoms. The summed E-state index contributed by atoms with van der Waals surface area (Å²) in [6, 6.07) is 4.92. The van der Waals surface area contributed by atoms with Crippen LogP contribution in [0.2, 0.25) is 0 Å². The molecule has 1 unspecified atom stereocenters. The fraction of sp³-hybridized carbons (Fsp3) is 0.471. The summed E-state index contributed by atoms with van der Waals surface area (Å²) in [7, 11) is 0. The van der Waals surface area contributed by atoms with E-state index in [9.17, 15) is 14.4 Å². The third-order valence-corrected chi connectivity index (χ3v) is 3.70. The number of hydrogen-bond acceptors (Lipinski definition) is 5. The molecule has 0 bridgehead atoms. The monoisotopic (exact) mass is 334 g/mol. The molecular formula is C17H22N2O5. The number of benzene rings is 1. The van der Waals surface area contributed by atoms with E-state index in [1.54, 1.807) is 25.1 Å². The van der Waals surface area contributed by atoms with Gasteiger partial charge in [0, 0.05) is 18.5 Å². The number of carbonyl (C=O) groups excluding carboxylic acids is 3. The van der Waals surface area contributed by atoms with Crippen LogP contribution < -0.4 is 15.0 Å². The predicted molar refractivity (Wildman–Crippen MR) is 88.2 cm³/mol. The van der Waals surface area contributed by atoms with Crippen molar-refractivity contribution < 1.29 is 24.2 Å². The van der Waals surface area contributed by atoms with E-state index in [4.69, 9.17) is 9.84 Å². The average Bonchev–Trinajstić information content (AvgIpc) is 2.57. The highest BCUT2D eigenvalue weighted by molar-refractivity contribution is 6.05. The second kappa shape index (κ2) is 7.92. The minimum Gasteiger partial charge on any atom is -0.479 e. The van der Waals surface area contributed by atoms with Crippen molar-refractivity contribution in [2.24, 2.45) is 0 Å². The molecule has 0 spiro atoms. The van der Waals surface area contributed by atoms with Gasteiger partial charge in [-0.2, -0.15) is 0 Å². The van der Waals surface area contributed by atoms with Crippen molar-refractivity contribution in [3.63, 3.8) is 0 Å². The van der Waals surface area contributed by atoms with E-state index in [0.29, 0.717) is 23.4 Å². The van der Waals surface area contributed by atoms with Gasteiger partial charge in [-0.15, -0.1) is 0 Å². The quantitative estimate of drug-likeness (QED) is 0.722. The molecule has 1 aliphatic rings. The molecule has 0 saturated heterocycles.